The van der Waals surface area contributed by atoms with Gasteiger partial charge < -0.3 is 9.73 Å². The van der Waals surface area contributed by atoms with Gasteiger partial charge in [-0.15, -0.1) is 0 Å². The molecule has 0 unspecified atom stereocenters. The maximum atomic E-state index is 6.52. The number of benzene rings is 6. The van der Waals surface area contributed by atoms with Gasteiger partial charge in [0.1, 0.15) is 5.58 Å². The van der Waals surface area contributed by atoms with Crippen LogP contribution in [-0.4, -0.2) is 0 Å². The highest BCUT2D eigenvalue weighted by Gasteiger charge is 2.14. The van der Waals surface area contributed by atoms with Crippen LogP contribution < -0.4 is 5.32 Å². The summed E-state index contributed by atoms with van der Waals surface area (Å²) in [5.74, 6) is 0. The van der Waals surface area contributed by atoms with Crippen molar-refractivity contribution in [1.29, 1.82) is 0 Å². The molecule has 0 saturated heterocycles. The van der Waals surface area contributed by atoms with Crippen LogP contribution in [0.1, 0.15) is 0 Å². The normalized spacial score (nSPS) is 11.2. The van der Waals surface area contributed by atoms with E-state index in [0.29, 0.717) is 0 Å². The van der Waals surface area contributed by atoms with Crippen LogP contribution in [0.2, 0.25) is 0 Å². The van der Waals surface area contributed by atoms with E-state index in [2.05, 4.69) is 139 Å². The molecular formula is C36H25NO. The third kappa shape index (κ3) is 4.03. The Balaban J connectivity index is 1.19. The predicted octanol–water partition coefficient (Wildman–Crippen LogP) is 10.3. The molecule has 1 N–H and O–H groups in total. The van der Waals surface area contributed by atoms with Crippen molar-refractivity contribution in [2.45, 2.75) is 0 Å². The summed E-state index contributed by atoms with van der Waals surface area (Å²) in [6.07, 6.45) is 0. The van der Waals surface area contributed by atoms with Gasteiger partial charge in [0.05, 0.1) is 5.69 Å². The maximum absolute atomic E-state index is 6.52. The van der Waals surface area contributed by atoms with E-state index in [9.17, 15) is 0 Å². The van der Waals surface area contributed by atoms with Gasteiger partial charge >= 0.3 is 0 Å². The lowest BCUT2D eigenvalue weighted by atomic mass is 10.0. The highest BCUT2D eigenvalue weighted by molar-refractivity contribution is 6.12. The van der Waals surface area contributed by atoms with E-state index in [-0.39, 0.29) is 0 Å². The summed E-state index contributed by atoms with van der Waals surface area (Å²) in [6, 6.07) is 50.8. The third-order valence-electron chi connectivity index (χ3n) is 7.10. The molecule has 0 bridgehead atoms. The van der Waals surface area contributed by atoms with Crippen LogP contribution >= 0.6 is 0 Å². The molecule has 0 aliphatic heterocycles. The lowest BCUT2D eigenvalue weighted by Gasteiger charge is -2.09. The Morgan fingerprint density at radius 1 is 0.368 bits per heavy atom. The van der Waals surface area contributed by atoms with Gasteiger partial charge in [-0.3, -0.25) is 0 Å². The first-order valence-electron chi connectivity index (χ1n) is 12.9. The van der Waals surface area contributed by atoms with E-state index >= 15 is 0 Å². The molecule has 2 nitrogen and oxygen atoms in total. The Morgan fingerprint density at radius 3 is 1.50 bits per heavy atom. The smallest absolute Gasteiger partial charge is 0.158 e. The van der Waals surface area contributed by atoms with E-state index in [1.165, 1.54) is 22.3 Å². The van der Waals surface area contributed by atoms with Crippen molar-refractivity contribution >= 4 is 33.3 Å². The van der Waals surface area contributed by atoms with Crippen molar-refractivity contribution in [3.8, 4) is 33.4 Å². The fraction of sp³-hybridized carbons (Fsp3) is 0. The van der Waals surface area contributed by atoms with Gasteiger partial charge in [0.2, 0.25) is 0 Å². The molecule has 0 aliphatic carbocycles. The van der Waals surface area contributed by atoms with Gasteiger partial charge in [0, 0.05) is 22.0 Å². The van der Waals surface area contributed by atoms with E-state index < -0.39 is 0 Å². The number of furan rings is 1. The summed E-state index contributed by atoms with van der Waals surface area (Å²) in [5.41, 5.74) is 10.9. The molecule has 0 spiro atoms. The molecule has 0 amide bonds. The number of hydrogen-bond acceptors (Lipinski definition) is 2. The molecular weight excluding hydrogens is 462 g/mol. The molecule has 6 aromatic carbocycles. The largest absolute Gasteiger partial charge is 0.453 e. The van der Waals surface area contributed by atoms with E-state index in [1.54, 1.807) is 0 Å². The van der Waals surface area contributed by atoms with Crippen LogP contribution in [0.25, 0.3) is 55.3 Å². The van der Waals surface area contributed by atoms with E-state index in [4.69, 9.17) is 4.42 Å². The first-order valence-corrected chi connectivity index (χ1v) is 12.9. The molecule has 0 radical (unpaired) electrons. The van der Waals surface area contributed by atoms with Crippen molar-refractivity contribution in [3.63, 3.8) is 0 Å². The Bertz CT molecular complexity index is 1850. The fourth-order valence-corrected chi connectivity index (χ4v) is 5.15. The Kier molecular flexibility index (Phi) is 5.49. The van der Waals surface area contributed by atoms with Crippen LogP contribution in [0.4, 0.5) is 11.4 Å². The van der Waals surface area contributed by atoms with Crippen molar-refractivity contribution < 1.29 is 4.42 Å². The molecule has 1 heterocycles. The minimum absolute atomic E-state index is 0.867. The second-order valence-electron chi connectivity index (χ2n) is 9.48. The Labute approximate surface area is 221 Å². The monoisotopic (exact) mass is 487 g/mol. The molecule has 38 heavy (non-hydrogen) atoms. The molecule has 0 aliphatic rings. The number of hydrogen-bond donors (Lipinski definition) is 1. The van der Waals surface area contributed by atoms with Gasteiger partial charge in [-0.05, 0) is 46.0 Å². The zero-order valence-corrected chi connectivity index (χ0v) is 20.8. The number of nitrogens with one attached hydrogen (secondary N) is 1. The number of rotatable bonds is 5. The standard InChI is InChI=1S/C36H25NO/c1-3-9-25(10-4-1)26-17-19-27(20-18-26)28-21-23-30(24-22-28)37-34-16-8-15-33-32-14-7-13-31(35(32)38-36(33)34)29-11-5-2-6-12-29/h1-24,37H. The van der Waals surface area contributed by atoms with Gasteiger partial charge in [-0.25, -0.2) is 0 Å². The number of para-hydroxylation sites is 2. The second kappa shape index (κ2) is 9.42. The van der Waals surface area contributed by atoms with Crippen LogP contribution in [-0.2, 0) is 0 Å². The van der Waals surface area contributed by atoms with E-state index in [0.717, 1.165) is 44.4 Å². The van der Waals surface area contributed by atoms with Crippen molar-refractivity contribution in [3.05, 3.63) is 146 Å². The average Bonchev–Trinajstić information content (AvgIpc) is 3.39. The van der Waals surface area contributed by atoms with Crippen LogP contribution in [0.15, 0.2) is 150 Å². The summed E-state index contributed by atoms with van der Waals surface area (Å²) < 4.78 is 6.52. The quantitative estimate of drug-likeness (QED) is 0.261. The molecule has 0 saturated carbocycles. The van der Waals surface area contributed by atoms with Crippen LogP contribution in [0, 0.1) is 0 Å². The minimum Gasteiger partial charge on any atom is -0.453 e. The van der Waals surface area contributed by atoms with Gasteiger partial charge in [-0.2, -0.15) is 0 Å². The fourth-order valence-electron chi connectivity index (χ4n) is 5.15. The molecule has 1 aromatic heterocycles. The lowest BCUT2D eigenvalue weighted by molar-refractivity contribution is 0.671. The minimum atomic E-state index is 0.867. The first kappa shape index (κ1) is 22.1. The zero-order chi connectivity index (χ0) is 25.3. The summed E-state index contributed by atoms with van der Waals surface area (Å²) in [7, 11) is 0. The van der Waals surface area contributed by atoms with Gasteiger partial charge in [0.25, 0.3) is 0 Å². The zero-order valence-electron chi connectivity index (χ0n) is 20.8. The first-order chi connectivity index (χ1) is 18.8. The third-order valence-corrected chi connectivity index (χ3v) is 7.10. The van der Waals surface area contributed by atoms with Crippen LogP contribution in [0.3, 0.4) is 0 Å². The topological polar surface area (TPSA) is 25.2 Å². The Morgan fingerprint density at radius 2 is 0.868 bits per heavy atom. The summed E-state index contributed by atoms with van der Waals surface area (Å²) >= 11 is 0. The number of fused-ring (bicyclic) bond motifs is 3. The summed E-state index contributed by atoms with van der Waals surface area (Å²) in [4.78, 5) is 0. The van der Waals surface area contributed by atoms with Crippen molar-refractivity contribution in [2.75, 3.05) is 5.32 Å². The van der Waals surface area contributed by atoms with Crippen molar-refractivity contribution in [1.82, 2.24) is 0 Å². The Hall–Kier alpha value is -5.08. The molecule has 7 aromatic rings. The van der Waals surface area contributed by atoms with Gasteiger partial charge in [0.15, 0.2) is 5.58 Å². The van der Waals surface area contributed by atoms with Crippen LogP contribution in [0.5, 0.6) is 0 Å². The lowest BCUT2D eigenvalue weighted by Crippen LogP contribution is -1.90. The maximum Gasteiger partial charge on any atom is 0.158 e. The van der Waals surface area contributed by atoms with Crippen molar-refractivity contribution in [2.24, 2.45) is 0 Å². The van der Waals surface area contributed by atoms with Gasteiger partial charge in [-0.1, -0.05) is 127 Å². The molecule has 0 atom stereocenters. The number of anilines is 2. The average molecular weight is 488 g/mol. The molecule has 0 fully saturated rings. The summed E-state index contributed by atoms with van der Waals surface area (Å²) in [5, 5.41) is 5.82. The molecule has 7 rings (SSSR count). The second-order valence-corrected chi connectivity index (χ2v) is 9.48. The highest BCUT2D eigenvalue weighted by atomic mass is 16.3. The molecule has 180 valence electrons. The molecule has 2 heteroatoms. The summed E-state index contributed by atoms with van der Waals surface area (Å²) in [6.45, 7) is 0. The highest BCUT2D eigenvalue weighted by Crippen LogP contribution is 2.39. The van der Waals surface area contributed by atoms with E-state index in [1.807, 2.05) is 12.1 Å². The predicted molar refractivity (Wildman–Crippen MR) is 160 cm³/mol. The SMILES string of the molecule is c1ccc(-c2ccc(-c3ccc(Nc4cccc5c4oc4c(-c6ccccc6)cccc45)cc3)cc2)cc1.